The summed E-state index contributed by atoms with van der Waals surface area (Å²) in [5, 5.41) is 5.72. The van der Waals surface area contributed by atoms with Crippen molar-refractivity contribution >= 4 is 39.3 Å². The van der Waals surface area contributed by atoms with E-state index in [2.05, 4.69) is 25.4 Å². The van der Waals surface area contributed by atoms with Crippen molar-refractivity contribution < 1.29 is 22.7 Å². The largest absolute Gasteiger partial charge is 0.481 e. The molecule has 12 nitrogen and oxygen atoms in total. The Labute approximate surface area is 183 Å². The number of anilines is 1. The Morgan fingerprint density at radius 1 is 1.16 bits per heavy atom. The fourth-order valence-corrected chi connectivity index (χ4v) is 4.14. The highest BCUT2D eigenvalue weighted by Gasteiger charge is 2.28. The van der Waals surface area contributed by atoms with Crippen LogP contribution in [0.5, 0.6) is 11.8 Å². The number of aromatic nitrogens is 5. The van der Waals surface area contributed by atoms with Gasteiger partial charge in [-0.1, -0.05) is 25.4 Å². The van der Waals surface area contributed by atoms with Crippen molar-refractivity contribution in [2.45, 2.75) is 25.3 Å². The van der Waals surface area contributed by atoms with Crippen LogP contribution in [-0.2, 0) is 16.4 Å². The van der Waals surface area contributed by atoms with E-state index in [1.54, 1.807) is 12.1 Å². The first kappa shape index (κ1) is 22.5. The molecule has 14 heteroatoms. The van der Waals surface area contributed by atoms with Gasteiger partial charge in [-0.25, -0.2) is 14.5 Å². The molecule has 3 rings (SSSR count). The SMILES string of the molecule is COc1cc(OC)nc(NC(=O)NS(=O)(=O)c2c(Cl)nc3ccc(CC(C)C)nn23)n1. The van der Waals surface area contributed by atoms with E-state index < -0.39 is 21.1 Å². The number of carbonyl (C=O) groups is 1. The summed E-state index contributed by atoms with van der Waals surface area (Å²) < 4.78 is 38.6. The molecular weight excluding hydrogens is 450 g/mol. The average molecular weight is 470 g/mol. The number of rotatable bonds is 7. The quantitative estimate of drug-likeness (QED) is 0.528. The third kappa shape index (κ3) is 5.11. The highest BCUT2D eigenvalue weighted by atomic mass is 35.5. The fraction of sp³-hybridized carbons (Fsp3) is 0.353. The summed E-state index contributed by atoms with van der Waals surface area (Å²) in [6, 6.07) is 3.60. The van der Waals surface area contributed by atoms with Crippen molar-refractivity contribution in [3.63, 3.8) is 0 Å². The van der Waals surface area contributed by atoms with Crippen LogP contribution in [0.2, 0.25) is 5.15 Å². The lowest BCUT2D eigenvalue weighted by atomic mass is 10.1. The van der Waals surface area contributed by atoms with E-state index in [1.165, 1.54) is 20.3 Å². The Balaban J connectivity index is 1.89. The number of carbonyl (C=O) groups excluding carboxylic acids is 1. The highest BCUT2D eigenvalue weighted by molar-refractivity contribution is 7.90. The normalized spacial score (nSPS) is 11.5. The number of imidazole rings is 1. The van der Waals surface area contributed by atoms with Gasteiger partial charge in [0.1, 0.15) is 0 Å². The molecule has 3 heterocycles. The van der Waals surface area contributed by atoms with Gasteiger partial charge in [0, 0.05) is 0 Å². The van der Waals surface area contributed by atoms with Crippen molar-refractivity contribution in [2.75, 3.05) is 19.5 Å². The summed E-state index contributed by atoms with van der Waals surface area (Å²) >= 11 is 6.05. The topological polar surface area (TPSA) is 150 Å². The van der Waals surface area contributed by atoms with Gasteiger partial charge in [0.25, 0.3) is 10.0 Å². The Hall–Kier alpha value is -3.19. The second-order valence-electron chi connectivity index (χ2n) is 6.74. The molecule has 0 radical (unpaired) electrons. The number of nitrogens with zero attached hydrogens (tertiary/aromatic N) is 5. The average Bonchev–Trinajstić information content (AvgIpc) is 3.02. The first-order valence-corrected chi connectivity index (χ1v) is 10.8. The molecule has 31 heavy (non-hydrogen) atoms. The zero-order chi connectivity index (χ0) is 22.8. The Morgan fingerprint density at radius 2 is 1.81 bits per heavy atom. The van der Waals surface area contributed by atoms with E-state index in [-0.39, 0.29) is 28.5 Å². The minimum Gasteiger partial charge on any atom is -0.481 e. The summed E-state index contributed by atoms with van der Waals surface area (Å²) in [6.45, 7) is 4.01. The Kier molecular flexibility index (Phi) is 6.45. The number of nitrogens with one attached hydrogen (secondary N) is 2. The Bertz CT molecular complexity index is 1210. The number of methoxy groups -OCH3 is 2. The molecule has 0 aliphatic carbocycles. The van der Waals surface area contributed by atoms with Crippen LogP contribution in [0, 0.1) is 5.92 Å². The second-order valence-corrected chi connectivity index (χ2v) is 8.69. The van der Waals surface area contributed by atoms with Crippen LogP contribution < -0.4 is 19.5 Å². The molecule has 2 N–H and O–H groups in total. The van der Waals surface area contributed by atoms with Gasteiger partial charge in [-0.3, -0.25) is 5.32 Å². The number of hydrogen-bond acceptors (Lipinski definition) is 9. The lowest BCUT2D eigenvalue weighted by Gasteiger charge is -2.10. The van der Waals surface area contributed by atoms with Crippen LogP contribution in [0.4, 0.5) is 10.7 Å². The van der Waals surface area contributed by atoms with Crippen LogP contribution >= 0.6 is 11.6 Å². The summed E-state index contributed by atoms with van der Waals surface area (Å²) in [7, 11) is -1.72. The van der Waals surface area contributed by atoms with Crippen LogP contribution in [0.15, 0.2) is 23.2 Å². The molecule has 0 aliphatic rings. The van der Waals surface area contributed by atoms with Gasteiger partial charge in [-0.15, -0.1) is 0 Å². The monoisotopic (exact) mass is 469 g/mol. The van der Waals surface area contributed by atoms with Gasteiger partial charge in [0.2, 0.25) is 22.7 Å². The molecule has 0 saturated carbocycles. The molecule has 166 valence electrons. The maximum absolute atomic E-state index is 12.9. The van der Waals surface area contributed by atoms with E-state index in [0.29, 0.717) is 18.0 Å². The second kappa shape index (κ2) is 8.89. The third-order valence-corrected chi connectivity index (χ3v) is 5.58. The Morgan fingerprint density at radius 3 is 2.39 bits per heavy atom. The number of fused-ring (bicyclic) bond motifs is 1. The van der Waals surface area contributed by atoms with E-state index in [0.717, 1.165) is 4.52 Å². The minimum atomic E-state index is -4.44. The van der Waals surface area contributed by atoms with Gasteiger partial charge in [-0.05, 0) is 24.5 Å². The van der Waals surface area contributed by atoms with Gasteiger partial charge in [0.15, 0.2) is 10.8 Å². The summed E-state index contributed by atoms with van der Waals surface area (Å²) in [5.41, 5.74) is 0.869. The maximum atomic E-state index is 12.9. The van der Waals surface area contributed by atoms with Gasteiger partial charge in [0.05, 0.1) is 26.0 Å². The number of ether oxygens (including phenoxy) is 2. The predicted octanol–water partition coefficient (Wildman–Crippen LogP) is 1.90. The fourth-order valence-electron chi connectivity index (χ4n) is 2.64. The molecule has 0 aromatic carbocycles. The molecule has 0 unspecified atom stereocenters. The molecule has 3 aromatic heterocycles. The molecule has 0 bridgehead atoms. The smallest absolute Gasteiger partial charge is 0.335 e. The summed E-state index contributed by atoms with van der Waals surface area (Å²) in [6.07, 6.45) is 0.619. The molecule has 3 aromatic rings. The number of halogens is 1. The van der Waals surface area contributed by atoms with Crippen LogP contribution in [0.25, 0.3) is 5.65 Å². The molecule has 0 fully saturated rings. The molecule has 0 spiro atoms. The number of urea groups is 1. The van der Waals surface area contributed by atoms with E-state index in [9.17, 15) is 13.2 Å². The lowest BCUT2D eigenvalue weighted by Crippen LogP contribution is -2.35. The number of sulfonamides is 1. The van der Waals surface area contributed by atoms with Gasteiger partial charge < -0.3 is 9.47 Å². The molecule has 0 saturated heterocycles. The summed E-state index contributed by atoms with van der Waals surface area (Å²) in [4.78, 5) is 24.1. The van der Waals surface area contributed by atoms with Crippen molar-refractivity contribution in [3.05, 3.63) is 29.0 Å². The van der Waals surface area contributed by atoms with Crippen molar-refractivity contribution in [2.24, 2.45) is 5.92 Å². The maximum Gasteiger partial charge on any atom is 0.335 e. The van der Waals surface area contributed by atoms with Crippen molar-refractivity contribution in [1.29, 1.82) is 0 Å². The van der Waals surface area contributed by atoms with Crippen LogP contribution in [0.3, 0.4) is 0 Å². The zero-order valence-corrected chi connectivity index (χ0v) is 18.7. The standard InChI is InChI=1S/C17H20ClN7O5S/c1-9(2)7-10-5-6-11-19-14(18)15(25(11)23-10)31(27,28)24-17(26)22-16-20-12(29-3)8-13(21-16)30-4/h5-6,8-9H,7H2,1-4H3,(H2,20,21,22,24,26). The van der Waals surface area contributed by atoms with Gasteiger partial charge in [-0.2, -0.15) is 28.0 Å². The van der Waals surface area contributed by atoms with E-state index in [4.69, 9.17) is 21.1 Å². The molecule has 0 aliphatic heterocycles. The first-order valence-electron chi connectivity index (χ1n) is 8.98. The molecule has 2 amide bonds. The third-order valence-electron chi connectivity index (χ3n) is 3.87. The highest BCUT2D eigenvalue weighted by Crippen LogP contribution is 2.23. The predicted molar refractivity (Wildman–Crippen MR) is 111 cm³/mol. The minimum absolute atomic E-state index is 0.108. The molecule has 0 atom stereocenters. The van der Waals surface area contributed by atoms with Crippen LogP contribution in [0.1, 0.15) is 19.5 Å². The van der Waals surface area contributed by atoms with Crippen molar-refractivity contribution in [1.82, 2.24) is 29.3 Å². The zero-order valence-electron chi connectivity index (χ0n) is 17.1. The van der Waals surface area contributed by atoms with E-state index in [1.807, 2.05) is 18.6 Å². The number of hydrogen-bond donors (Lipinski definition) is 2. The first-order chi connectivity index (χ1) is 14.6. The lowest BCUT2D eigenvalue weighted by molar-refractivity contribution is 0.256. The summed E-state index contributed by atoms with van der Waals surface area (Å²) in [5.74, 6) is 0.284. The molecular formula is C17H20ClN7O5S. The van der Waals surface area contributed by atoms with Gasteiger partial charge >= 0.3 is 6.03 Å². The van der Waals surface area contributed by atoms with Crippen molar-refractivity contribution in [3.8, 4) is 11.8 Å². The van der Waals surface area contributed by atoms with E-state index >= 15 is 0 Å². The van der Waals surface area contributed by atoms with Crippen LogP contribution in [-0.4, -0.2) is 53.2 Å². The number of amides is 2.